The van der Waals surface area contributed by atoms with Gasteiger partial charge in [0, 0.05) is 41.5 Å². The summed E-state index contributed by atoms with van der Waals surface area (Å²) in [6, 6.07) is 5.35. The van der Waals surface area contributed by atoms with Gasteiger partial charge in [0.25, 0.3) is 0 Å². The first-order valence-electron chi connectivity index (χ1n) is 12.3. The summed E-state index contributed by atoms with van der Waals surface area (Å²) < 4.78 is 38.0. The highest BCUT2D eigenvalue weighted by Gasteiger charge is 2.43. The van der Waals surface area contributed by atoms with Crippen molar-refractivity contribution in [3.8, 4) is 17.4 Å². The lowest BCUT2D eigenvalue weighted by Gasteiger charge is -2.37. The Morgan fingerprint density at radius 2 is 2.03 bits per heavy atom. The van der Waals surface area contributed by atoms with Gasteiger partial charge in [-0.2, -0.15) is 0 Å². The topological polar surface area (TPSA) is 81.7 Å². The summed E-state index contributed by atoms with van der Waals surface area (Å²) in [4.78, 5) is 14.2. The number of nitrogens with one attached hydrogen (secondary N) is 1. The van der Waals surface area contributed by atoms with Crippen molar-refractivity contribution < 1.29 is 23.3 Å². The lowest BCUT2D eigenvalue weighted by Crippen LogP contribution is -2.44. The number of likely N-dealkylation sites (tertiary alicyclic amines) is 1. The maximum absolute atomic E-state index is 15.1. The third-order valence-corrected chi connectivity index (χ3v) is 7.04. The van der Waals surface area contributed by atoms with Crippen LogP contribution in [-0.4, -0.2) is 66.4 Å². The molecule has 0 unspecified atom stereocenters. The maximum Gasteiger partial charge on any atom is 0.230 e. The van der Waals surface area contributed by atoms with Gasteiger partial charge in [0.05, 0.1) is 37.8 Å². The minimum atomic E-state index is -0.440. The van der Waals surface area contributed by atoms with Crippen LogP contribution >= 0.6 is 0 Å². The molecule has 2 aliphatic heterocycles. The summed E-state index contributed by atoms with van der Waals surface area (Å²) in [7, 11) is 1.59. The normalized spacial score (nSPS) is 17.8. The van der Waals surface area contributed by atoms with E-state index in [1.165, 1.54) is 12.7 Å². The van der Waals surface area contributed by atoms with E-state index < -0.39 is 5.83 Å². The number of rotatable bonds is 9. The average Bonchev–Trinajstić information content (AvgIpc) is 3.44. The molecule has 192 valence electrons. The van der Waals surface area contributed by atoms with Gasteiger partial charge < -0.3 is 28.8 Å². The van der Waals surface area contributed by atoms with Crippen LogP contribution in [0.15, 0.2) is 30.3 Å². The van der Waals surface area contributed by atoms with Crippen LogP contribution < -0.4 is 14.2 Å². The van der Waals surface area contributed by atoms with Gasteiger partial charge in [-0.25, -0.2) is 14.4 Å². The zero-order chi connectivity index (χ0) is 25.3. The van der Waals surface area contributed by atoms with Crippen molar-refractivity contribution in [1.82, 2.24) is 19.9 Å². The van der Waals surface area contributed by atoms with Crippen LogP contribution in [0.1, 0.15) is 36.7 Å². The highest BCUT2D eigenvalue weighted by atomic mass is 19.1. The summed E-state index contributed by atoms with van der Waals surface area (Å²) in [6.07, 6.45) is 3.54. The van der Waals surface area contributed by atoms with Gasteiger partial charge in [0.1, 0.15) is 12.1 Å². The molecule has 8 nitrogen and oxygen atoms in total. The molecule has 9 heteroatoms. The second kappa shape index (κ2) is 10.1. The fourth-order valence-corrected chi connectivity index (χ4v) is 5.04. The van der Waals surface area contributed by atoms with Gasteiger partial charge in [-0.3, -0.25) is 0 Å². The molecule has 0 saturated carbocycles. The minimum Gasteiger partial charge on any atom is -0.493 e. The van der Waals surface area contributed by atoms with Crippen molar-refractivity contribution in [2.45, 2.75) is 33.6 Å². The van der Waals surface area contributed by atoms with Gasteiger partial charge in [-0.15, -0.1) is 0 Å². The lowest BCUT2D eigenvalue weighted by molar-refractivity contribution is -0.105. The van der Waals surface area contributed by atoms with E-state index in [1.807, 2.05) is 19.9 Å². The molecule has 2 saturated heterocycles. The molecule has 0 amide bonds. The van der Waals surface area contributed by atoms with Gasteiger partial charge in [-0.05, 0) is 52.3 Å². The molecule has 0 aliphatic carbocycles. The number of allylic oxidation sites excluding steroid dienone is 1. The maximum atomic E-state index is 15.1. The first-order valence-corrected chi connectivity index (χ1v) is 12.3. The number of hydrogen-bond donors (Lipinski definition) is 1. The SMILES string of the molecule is COc1cc2c(OC(C)=C(F)c3cc(C)[nH]c3C)ncnc2cc1OCCCN1CCC2(COC2)C1. The third-order valence-electron chi connectivity index (χ3n) is 7.04. The van der Waals surface area contributed by atoms with Gasteiger partial charge in [0.2, 0.25) is 5.88 Å². The van der Waals surface area contributed by atoms with Crippen LogP contribution in [0.3, 0.4) is 0 Å². The van der Waals surface area contributed by atoms with Crippen LogP contribution in [-0.2, 0) is 4.74 Å². The Kier molecular flexibility index (Phi) is 6.85. The Morgan fingerprint density at radius 1 is 1.19 bits per heavy atom. The predicted octanol–water partition coefficient (Wildman–Crippen LogP) is 4.81. The molecule has 0 atom stereocenters. The van der Waals surface area contributed by atoms with Crippen molar-refractivity contribution in [3.63, 3.8) is 0 Å². The van der Waals surface area contributed by atoms with E-state index in [9.17, 15) is 0 Å². The Balaban J connectivity index is 1.28. The van der Waals surface area contributed by atoms with E-state index in [4.69, 9.17) is 18.9 Å². The van der Waals surface area contributed by atoms with Crippen LogP contribution in [0.4, 0.5) is 4.39 Å². The zero-order valence-electron chi connectivity index (χ0n) is 21.3. The molecule has 5 rings (SSSR count). The van der Waals surface area contributed by atoms with Crippen molar-refractivity contribution in [2.24, 2.45) is 5.41 Å². The quantitative estimate of drug-likeness (QED) is 0.336. The fourth-order valence-electron chi connectivity index (χ4n) is 5.04. The number of halogens is 1. The van der Waals surface area contributed by atoms with Crippen molar-refractivity contribution in [2.75, 3.05) is 46.6 Å². The molecule has 36 heavy (non-hydrogen) atoms. The fraction of sp³-hybridized carbons (Fsp3) is 0.481. The first-order chi connectivity index (χ1) is 17.4. The number of methoxy groups -OCH3 is 1. The van der Waals surface area contributed by atoms with E-state index in [-0.39, 0.29) is 11.6 Å². The Bertz CT molecular complexity index is 1280. The molecule has 1 aromatic carbocycles. The molecule has 3 aromatic rings. The highest BCUT2D eigenvalue weighted by Crippen LogP contribution is 2.38. The monoisotopic (exact) mass is 496 g/mol. The summed E-state index contributed by atoms with van der Waals surface area (Å²) >= 11 is 0. The van der Waals surface area contributed by atoms with E-state index in [1.54, 1.807) is 26.2 Å². The van der Waals surface area contributed by atoms with Gasteiger partial charge in [-0.1, -0.05) is 0 Å². The van der Waals surface area contributed by atoms with Gasteiger partial charge >= 0.3 is 0 Å². The molecule has 4 heterocycles. The second-order valence-corrected chi connectivity index (χ2v) is 9.88. The molecule has 0 bridgehead atoms. The summed E-state index contributed by atoms with van der Waals surface area (Å²) in [5.41, 5.74) is 3.13. The lowest BCUT2D eigenvalue weighted by atomic mass is 9.85. The van der Waals surface area contributed by atoms with E-state index in [0.29, 0.717) is 40.0 Å². The van der Waals surface area contributed by atoms with Crippen molar-refractivity contribution >= 4 is 16.7 Å². The Labute approximate surface area is 210 Å². The standard InChI is InChI=1S/C27H33FN4O4/c1-17-10-20(18(2)31-17)25(28)19(3)36-26-21-11-23(33-4)24(12-22(21)29-16-30-26)35-9-5-7-32-8-6-27(13-32)14-34-15-27/h10-12,16,31H,5-9,13-15H2,1-4H3. The van der Waals surface area contributed by atoms with E-state index in [0.717, 1.165) is 50.7 Å². The molecular formula is C27H33FN4O4. The smallest absolute Gasteiger partial charge is 0.230 e. The van der Waals surface area contributed by atoms with Crippen molar-refractivity contribution in [1.29, 1.82) is 0 Å². The largest absolute Gasteiger partial charge is 0.493 e. The summed E-state index contributed by atoms with van der Waals surface area (Å²) in [5.74, 6) is 1.09. The number of fused-ring (bicyclic) bond motifs is 1. The van der Waals surface area contributed by atoms with E-state index in [2.05, 4.69) is 19.9 Å². The second-order valence-electron chi connectivity index (χ2n) is 9.88. The van der Waals surface area contributed by atoms with Crippen LogP contribution in [0.5, 0.6) is 17.4 Å². The zero-order valence-corrected chi connectivity index (χ0v) is 21.3. The molecule has 2 aliphatic rings. The van der Waals surface area contributed by atoms with Crippen LogP contribution in [0, 0.1) is 19.3 Å². The van der Waals surface area contributed by atoms with Crippen molar-refractivity contribution in [3.05, 3.63) is 47.2 Å². The summed E-state index contributed by atoms with van der Waals surface area (Å²) in [5, 5.41) is 0.612. The molecule has 1 spiro atoms. The molecule has 0 radical (unpaired) electrons. The number of aromatic amines is 1. The van der Waals surface area contributed by atoms with Gasteiger partial charge in [0.15, 0.2) is 17.3 Å². The average molecular weight is 497 g/mol. The number of H-pyrrole nitrogens is 1. The number of aryl methyl sites for hydroxylation is 2. The Morgan fingerprint density at radius 3 is 2.69 bits per heavy atom. The van der Waals surface area contributed by atoms with E-state index >= 15 is 4.39 Å². The minimum absolute atomic E-state index is 0.119. The first kappa shape index (κ1) is 24.5. The number of benzene rings is 1. The summed E-state index contributed by atoms with van der Waals surface area (Å²) in [6.45, 7) is 10.9. The highest BCUT2D eigenvalue weighted by molar-refractivity contribution is 5.87. The predicted molar refractivity (Wildman–Crippen MR) is 135 cm³/mol. The number of hydrogen-bond acceptors (Lipinski definition) is 7. The number of nitrogens with zero attached hydrogens (tertiary/aromatic N) is 3. The van der Waals surface area contributed by atoms with Crippen LogP contribution in [0.25, 0.3) is 16.7 Å². The number of ether oxygens (including phenoxy) is 4. The Hall–Kier alpha value is -3.17. The molecule has 2 aromatic heterocycles. The van der Waals surface area contributed by atoms with Crippen LogP contribution in [0.2, 0.25) is 0 Å². The molecular weight excluding hydrogens is 463 g/mol. The third kappa shape index (κ3) is 4.90. The number of aromatic nitrogens is 3. The molecule has 2 fully saturated rings. The molecule has 1 N–H and O–H groups in total.